The van der Waals surface area contributed by atoms with Crippen molar-refractivity contribution in [1.29, 1.82) is 0 Å². The highest BCUT2D eigenvalue weighted by Gasteiger charge is 1.98. The zero-order valence-corrected chi connectivity index (χ0v) is 6.57. The summed E-state index contributed by atoms with van der Waals surface area (Å²) in [4.78, 5) is 10.5. The smallest absolute Gasteiger partial charge is 0.233 e. The second-order valence-electron chi connectivity index (χ2n) is 2.32. The standard InChI is InChI=1S/C7H10N2O2/c1-6(10)5-11-7-3-4-9(2)8-7/h3-4H,5H2,1-2H3. The Morgan fingerprint density at radius 3 is 3.00 bits per heavy atom. The van der Waals surface area contributed by atoms with Crippen LogP contribution < -0.4 is 4.74 Å². The Morgan fingerprint density at radius 1 is 1.82 bits per heavy atom. The molecule has 0 saturated heterocycles. The number of carbonyl (C=O) groups excluding carboxylic acids is 1. The summed E-state index contributed by atoms with van der Waals surface area (Å²) in [6, 6.07) is 1.71. The highest BCUT2D eigenvalue weighted by atomic mass is 16.5. The second kappa shape index (κ2) is 3.18. The van der Waals surface area contributed by atoms with Gasteiger partial charge in [0, 0.05) is 19.3 Å². The van der Waals surface area contributed by atoms with E-state index in [9.17, 15) is 4.79 Å². The fourth-order valence-corrected chi connectivity index (χ4v) is 0.646. The van der Waals surface area contributed by atoms with E-state index in [-0.39, 0.29) is 12.4 Å². The minimum Gasteiger partial charge on any atom is -0.469 e. The molecule has 1 aromatic heterocycles. The van der Waals surface area contributed by atoms with Gasteiger partial charge in [0.15, 0.2) is 5.78 Å². The minimum atomic E-state index is -0.00402. The molecule has 0 aromatic carbocycles. The molecular formula is C7H10N2O2. The Kier molecular flexibility index (Phi) is 2.25. The summed E-state index contributed by atoms with van der Waals surface area (Å²) >= 11 is 0. The van der Waals surface area contributed by atoms with Crippen LogP contribution in [0.5, 0.6) is 5.88 Å². The molecule has 0 aliphatic carbocycles. The van der Waals surface area contributed by atoms with E-state index in [4.69, 9.17) is 4.74 Å². The molecule has 0 radical (unpaired) electrons. The minimum absolute atomic E-state index is 0.00402. The summed E-state index contributed by atoms with van der Waals surface area (Å²) in [5.41, 5.74) is 0. The number of nitrogens with zero attached hydrogens (tertiary/aromatic N) is 2. The van der Waals surface area contributed by atoms with Crippen LogP contribution in [0.2, 0.25) is 0 Å². The van der Waals surface area contributed by atoms with Crippen molar-refractivity contribution < 1.29 is 9.53 Å². The van der Waals surface area contributed by atoms with E-state index in [0.29, 0.717) is 5.88 Å². The maximum atomic E-state index is 10.5. The van der Waals surface area contributed by atoms with E-state index in [1.54, 1.807) is 24.0 Å². The topological polar surface area (TPSA) is 44.1 Å². The van der Waals surface area contributed by atoms with Crippen molar-refractivity contribution in [3.8, 4) is 5.88 Å². The predicted molar refractivity (Wildman–Crippen MR) is 39.4 cm³/mol. The molecule has 11 heavy (non-hydrogen) atoms. The van der Waals surface area contributed by atoms with Crippen LogP contribution >= 0.6 is 0 Å². The zero-order valence-electron chi connectivity index (χ0n) is 6.57. The van der Waals surface area contributed by atoms with Crippen molar-refractivity contribution >= 4 is 5.78 Å². The molecule has 0 aliphatic heterocycles. The largest absolute Gasteiger partial charge is 0.469 e. The average Bonchev–Trinajstić information content (AvgIpc) is 2.31. The van der Waals surface area contributed by atoms with Crippen LogP contribution in [0.15, 0.2) is 12.3 Å². The van der Waals surface area contributed by atoms with E-state index >= 15 is 0 Å². The Morgan fingerprint density at radius 2 is 2.55 bits per heavy atom. The van der Waals surface area contributed by atoms with Crippen molar-refractivity contribution in [2.45, 2.75) is 6.92 Å². The first-order valence-corrected chi connectivity index (χ1v) is 3.30. The lowest BCUT2D eigenvalue weighted by Crippen LogP contribution is -2.06. The van der Waals surface area contributed by atoms with Crippen LogP contribution in [0.4, 0.5) is 0 Å². The SMILES string of the molecule is CC(=O)COc1ccn(C)n1. The Bertz CT molecular complexity index is 255. The van der Waals surface area contributed by atoms with Crippen molar-refractivity contribution in [2.75, 3.05) is 6.61 Å². The quantitative estimate of drug-likeness (QED) is 0.632. The highest BCUT2D eigenvalue weighted by Crippen LogP contribution is 2.03. The van der Waals surface area contributed by atoms with Crippen LogP contribution in [0.3, 0.4) is 0 Å². The lowest BCUT2D eigenvalue weighted by atomic mass is 10.5. The van der Waals surface area contributed by atoms with Gasteiger partial charge in [0.05, 0.1) is 0 Å². The molecule has 0 unspecified atom stereocenters. The van der Waals surface area contributed by atoms with Gasteiger partial charge in [-0.3, -0.25) is 9.48 Å². The third kappa shape index (κ3) is 2.41. The number of carbonyl (C=O) groups is 1. The third-order valence-electron chi connectivity index (χ3n) is 1.11. The molecule has 1 rings (SSSR count). The Balaban J connectivity index is 2.45. The average molecular weight is 154 g/mol. The number of hydrogen-bond donors (Lipinski definition) is 0. The van der Waals surface area contributed by atoms with E-state index in [1.165, 1.54) is 6.92 Å². The Hall–Kier alpha value is -1.32. The van der Waals surface area contributed by atoms with Crippen LogP contribution in [0, 0.1) is 0 Å². The maximum absolute atomic E-state index is 10.5. The summed E-state index contributed by atoms with van der Waals surface area (Å²) in [5.74, 6) is 0.485. The van der Waals surface area contributed by atoms with Gasteiger partial charge < -0.3 is 4.74 Å². The molecule has 0 bridgehead atoms. The molecule has 0 saturated carbocycles. The number of Topliss-reactive ketones (excluding diaryl/α,β-unsaturated/α-hetero) is 1. The lowest BCUT2D eigenvalue weighted by Gasteiger charge is -1.96. The van der Waals surface area contributed by atoms with Gasteiger partial charge in [-0.25, -0.2) is 0 Å². The van der Waals surface area contributed by atoms with E-state index in [0.717, 1.165) is 0 Å². The molecule has 1 aromatic rings. The fraction of sp³-hybridized carbons (Fsp3) is 0.429. The summed E-state index contributed by atoms with van der Waals surface area (Å²) in [6.07, 6.45) is 1.76. The first-order valence-electron chi connectivity index (χ1n) is 3.30. The van der Waals surface area contributed by atoms with E-state index < -0.39 is 0 Å². The number of aromatic nitrogens is 2. The van der Waals surface area contributed by atoms with Gasteiger partial charge in [-0.1, -0.05) is 0 Å². The number of ketones is 1. The van der Waals surface area contributed by atoms with Gasteiger partial charge in [0.1, 0.15) is 6.61 Å². The molecule has 0 amide bonds. The fourth-order valence-electron chi connectivity index (χ4n) is 0.646. The molecule has 0 fully saturated rings. The van der Waals surface area contributed by atoms with Crippen LogP contribution in [0.1, 0.15) is 6.92 Å². The first kappa shape index (κ1) is 7.78. The molecule has 0 N–H and O–H groups in total. The lowest BCUT2D eigenvalue weighted by molar-refractivity contribution is -0.119. The molecule has 4 heteroatoms. The third-order valence-corrected chi connectivity index (χ3v) is 1.11. The van der Waals surface area contributed by atoms with Gasteiger partial charge in [-0.2, -0.15) is 0 Å². The molecule has 1 heterocycles. The molecule has 0 spiro atoms. The van der Waals surface area contributed by atoms with Crippen LogP contribution in [-0.2, 0) is 11.8 Å². The molecule has 60 valence electrons. The molecular weight excluding hydrogens is 144 g/mol. The van der Waals surface area contributed by atoms with Gasteiger partial charge >= 0.3 is 0 Å². The molecule has 0 aliphatic rings. The normalized spacial score (nSPS) is 9.64. The monoisotopic (exact) mass is 154 g/mol. The van der Waals surface area contributed by atoms with Crippen LogP contribution in [0.25, 0.3) is 0 Å². The van der Waals surface area contributed by atoms with Crippen molar-refractivity contribution in [2.24, 2.45) is 7.05 Å². The van der Waals surface area contributed by atoms with Crippen molar-refractivity contribution in [1.82, 2.24) is 9.78 Å². The van der Waals surface area contributed by atoms with Crippen LogP contribution in [-0.4, -0.2) is 22.2 Å². The van der Waals surface area contributed by atoms with Gasteiger partial charge in [0.2, 0.25) is 5.88 Å². The Labute approximate surface area is 64.8 Å². The zero-order chi connectivity index (χ0) is 8.27. The summed E-state index contributed by atoms with van der Waals surface area (Å²) in [6.45, 7) is 1.57. The highest BCUT2D eigenvalue weighted by molar-refractivity contribution is 5.76. The summed E-state index contributed by atoms with van der Waals surface area (Å²) in [5, 5.41) is 3.92. The number of aryl methyl sites for hydroxylation is 1. The van der Waals surface area contributed by atoms with Crippen molar-refractivity contribution in [3.63, 3.8) is 0 Å². The summed E-state index contributed by atoms with van der Waals surface area (Å²) in [7, 11) is 1.79. The number of rotatable bonds is 3. The maximum Gasteiger partial charge on any atom is 0.233 e. The number of hydrogen-bond acceptors (Lipinski definition) is 3. The van der Waals surface area contributed by atoms with E-state index in [2.05, 4.69) is 5.10 Å². The first-order chi connectivity index (χ1) is 5.18. The van der Waals surface area contributed by atoms with E-state index in [1.807, 2.05) is 0 Å². The van der Waals surface area contributed by atoms with Crippen molar-refractivity contribution in [3.05, 3.63) is 12.3 Å². The molecule has 4 nitrogen and oxygen atoms in total. The van der Waals surface area contributed by atoms with Gasteiger partial charge in [-0.15, -0.1) is 5.10 Å². The van der Waals surface area contributed by atoms with Gasteiger partial charge in [0.25, 0.3) is 0 Å². The van der Waals surface area contributed by atoms with Gasteiger partial charge in [-0.05, 0) is 6.92 Å². The number of ether oxygens (including phenoxy) is 1. The second-order valence-corrected chi connectivity index (χ2v) is 2.32. The summed E-state index contributed by atoms with van der Waals surface area (Å²) < 4.78 is 6.63. The predicted octanol–water partition coefficient (Wildman–Crippen LogP) is 0.388. The molecule has 0 atom stereocenters.